The maximum Gasteiger partial charge on any atom is 0.490 e. The van der Waals surface area contributed by atoms with Crippen molar-refractivity contribution >= 4 is 23.4 Å². The minimum absolute atomic E-state index is 0.0704. The van der Waals surface area contributed by atoms with E-state index < -0.39 is 36.2 Å². The number of ether oxygens (including phenoxy) is 1. The molecule has 4 atom stereocenters. The summed E-state index contributed by atoms with van der Waals surface area (Å²) in [5.74, 6) is -2.76. The van der Waals surface area contributed by atoms with E-state index in [4.69, 9.17) is 20.4 Å². The van der Waals surface area contributed by atoms with Crippen molar-refractivity contribution in [2.24, 2.45) is 5.73 Å². The van der Waals surface area contributed by atoms with E-state index in [9.17, 15) is 26.7 Å². The van der Waals surface area contributed by atoms with E-state index in [0.29, 0.717) is 39.0 Å². The van der Waals surface area contributed by atoms with E-state index >= 15 is 0 Å². The highest BCUT2D eigenvalue weighted by atomic mass is 19.4. The summed E-state index contributed by atoms with van der Waals surface area (Å²) in [6.07, 6.45) is 0.197. The summed E-state index contributed by atoms with van der Waals surface area (Å²) in [7, 11) is 0. The third kappa shape index (κ3) is 12.8. The van der Waals surface area contributed by atoms with Crippen molar-refractivity contribution in [1.82, 2.24) is 15.3 Å². The van der Waals surface area contributed by atoms with Crippen LogP contribution in [-0.4, -0.2) is 89.5 Å². The Morgan fingerprint density at radius 2 is 1.40 bits per heavy atom. The van der Waals surface area contributed by atoms with Crippen molar-refractivity contribution in [2.75, 3.05) is 36.0 Å². The monoisotopic (exact) mass is 604 g/mol. The molecule has 0 bridgehead atoms. The number of alkyl carbamates (subject to hydrolysis) is 1. The van der Waals surface area contributed by atoms with E-state index in [-0.39, 0.29) is 12.1 Å². The fraction of sp³-hybridized carbons (Fsp3) is 0.556. The lowest BCUT2D eigenvalue weighted by molar-refractivity contribution is -0.192. The van der Waals surface area contributed by atoms with Crippen LogP contribution in [0.3, 0.4) is 0 Å². The number of halogens is 5. The lowest BCUT2D eigenvalue weighted by atomic mass is 10.0. The molecule has 0 radical (unpaired) electrons. The molecule has 4 rings (SSSR count). The quantitative estimate of drug-likeness (QED) is 0.443. The largest absolute Gasteiger partial charge is 0.490 e. The van der Waals surface area contributed by atoms with Crippen molar-refractivity contribution in [3.8, 4) is 0 Å². The zero-order valence-electron chi connectivity index (χ0n) is 23.6. The summed E-state index contributed by atoms with van der Waals surface area (Å²) in [5, 5.41) is 9.87. The van der Waals surface area contributed by atoms with Gasteiger partial charge in [0.2, 0.25) is 0 Å². The molecule has 234 valence electrons. The summed E-state index contributed by atoms with van der Waals surface area (Å²) in [6, 6.07) is 7.13. The fourth-order valence-corrected chi connectivity index (χ4v) is 4.19. The van der Waals surface area contributed by atoms with E-state index in [1.165, 1.54) is 0 Å². The van der Waals surface area contributed by atoms with Gasteiger partial charge in [0.15, 0.2) is 0 Å². The van der Waals surface area contributed by atoms with Crippen molar-refractivity contribution in [1.29, 1.82) is 0 Å². The normalized spacial score (nSPS) is 22.5. The number of alkyl halides is 5. The highest BCUT2D eigenvalue weighted by molar-refractivity contribution is 5.73. The average molecular weight is 605 g/mol. The number of carbonyl (C=O) groups excluding carboxylic acids is 1. The van der Waals surface area contributed by atoms with Crippen molar-refractivity contribution in [2.45, 2.75) is 69.8 Å². The number of carboxylic acids is 1. The van der Waals surface area contributed by atoms with Crippen LogP contribution in [0.15, 0.2) is 49.1 Å². The Morgan fingerprint density at radius 3 is 1.81 bits per heavy atom. The molecule has 2 saturated heterocycles. The van der Waals surface area contributed by atoms with Gasteiger partial charge < -0.3 is 30.7 Å². The highest BCUT2D eigenvalue weighted by Crippen LogP contribution is 2.22. The topological polar surface area (TPSA) is 134 Å². The molecule has 2 fully saturated rings. The summed E-state index contributed by atoms with van der Waals surface area (Å²) < 4.78 is 64.1. The third-order valence-electron chi connectivity index (χ3n) is 5.82. The van der Waals surface area contributed by atoms with Gasteiger partial charge in [0, 0.05) is 51.0 Å². The number of nitrogens with one attached hydrogen (secondary N) is 1. The highest BCUT2D eigenvalue weighted by Gasteiger charge is 2.38. The van der Waals surface area contributed by atoms with Gasteiger partial charge in [-0.1, -0.05) is 0 Å². The molecule has 42 heavy (non-hydrogen) atoms. The van der Waals surface area contributed by atoms with Crippen LogP contribution in [0.4, 0.5) is 38.1 Å². The Morgan fingerprint density at radius 1 is 0.929 bits per heavy atom. The standard InChI is InChI=1S/C15H22FN3O2.C10H14FN3.C2HF3O2/c1-15(2,3)21-14(20)18-12-7-11(16)9-19(10-12)13-5-4-6-17-8-13;11-8-4-9(12)7-14(6-8)10-2-1-3-13-5-10;3-2(4,5)1(6)7/h4-6,8,11-12H,7,9-10H2,1-3H3,(H,18,20);1-3,5,8-9H,4,6-7,12H2;(H,6,7)/t11-,12-;8-,9-;/m00./s1. The van der Waals surface area contributed by atoms with Crippen LogP contribution in [0.1, 0.15) is 33.6 Å². The summed E-state index contributed by atoms with van der Waals surface area (Å²) >= 11 is 0. The van der Waals surface area contributed by atoms with Gasteiger partial charge in [-0.15, -0.1) is 0 Å². The Hall–Kier alpha value is -3.75. The van der Waals surface area contributed by atoms with E-state index in [0.717, 1.165) is 11.4 Å². The van der Waals surface area contributed by atoms with Gasteiger partial charge in [-0.05, 0) is 51.5 Å². The van der Waals surface area contributed by atoms with Gasteiger partial charge >= 0.3 is 18.2 Å². The first kappa shape index (κ1) is 34.5. The molecule has 4 heterocycles. The van der Waals surface area contributed by atoms with Crippen molar-refractivity contribution < 1.29 is 41.4 Å². The van der Waals surface area contributed by atoms with E-state index in [1.807, 2.05) is 34.1 Å². The van der Waals surface area contributed by atoms with Gasteiger partial charge in [-0.3, -0.25) is 9.97 Å². The zero-order chi connectivity index (χ0) is 31.5. The number of nitrogens with two attached hydrogens (primary N) is 1. The number of rotatable bonds is 3. The van der Waals surface area contributed by atoms with Gasteiger partial charge in [0.05, 0.1) is 29.8 Å². The Kier molecular flexibility index (Phi) is 12.7. The molecular formula is C27H37F5N6O4. The molecule has 2 aliphatic rings. The van der Waals surface area contributed by atoms with E-state index in [1.54, 1.807) is 45.6 Å². The summed E-state index contributed by atoms with van der Waals surface area (Å²) in [5.41, 5.74) is 7.00. The maximum absolute atomic E-state index is 13.9. The molecule has 10 nitrogen and oxygen atoms in total. The van der Waals surface area contributed by atoms with Crippen LogP contribution in [-0.2, 0) is 9.53 Å². The molecule has 2 aromatic rings. The number of hydrogen-bond acceptors (Lipinski definition) is 8. The van der Waals surface area contributed by atoms with Crippen molar-refractivity contribution in [3.05, 3.63) is 49.1 Å². The summed E-state index contributed by atoms with van der Waals surface area (Å²) in [6.45, 7) is 7.41. The molecule has 0 saturated carbocycles. The van der Waals surface area contributed by atoms with Crippen LogP contribution < -0.4 is 20.9 Å². The number of piperidine rings is 2. The lowest BCUT2D eigenvalue weighted by Crippen LogP contribution is -2.52. The fourth-order valence-electron chi connectivity index (χ4n) is 4.19. The number of anilines is 2. The second-order valence-electron chi connectivity index (χ2n) is 10.8. The Balaban J connectivity index is 0.000000252. The van der Waals surface area contributed by atoms with Crippen LogP contribution >= 0.6 is 0 Å². The van der Waals surface area contributed by atoms with Gasteiger partial charge in [-0.2, -0.15) is 13.2 Å². The van der Waals surface area contributed by atoms with Crippen LogP contribution in [0.2, 0.25) is 0 Å². The first-order valence-corrected chi connectivity index (χ1v) is 13.2. The SMILES string of the molecule is CC(C)(C)OC(=O)N[C@H]1C[C@H](F)CN(c2cccnc2)C1.N[C@H]1C[C@H](F)CN(c2cccnc2)C1.O=C(O)C(F)(F)F. The second kappa shape index (κ2) is 15.5. The third-order valence-corrected chi connectivity index (χ3v) is 5.82. The maximum atomic E-state index is 13.9. The second-order valence-corrected chi connectivity index (χ2v) is 10.8. The van der Waals surface area contributed by atoms with Gasteiger partial charge in [-0.25, -0.2) is 18.4 Å². The molecule has 0 aliphatic carbocycles. The molecular weight excluding hydrogens is 567 g/mol. The molecule has 0 spiro atoms. The van der Waals surface area contributed by atoms with Crippen LogP contribution in [0.5, 0.6) is 0 Å². The number of carbonyl (C=O) groups is 2. The minimum atomic E-state index is -5.08. The van der Waals surface area contributed by atoms with Crippen LogP contribution in [0, 0.1) is 0 Å². The average Bonchev–Trinajstić information content (AvgIpc) is 2.88. The smallest absolute Gasteiger partial charge is 0.475 e. The zero-order valence-corrected chi connectivity index (χ0v) is 23.6. The number of amides is 1. The van der Waals surface area contributed by atoms with Crippen LogP contribution in [0.25, 0.3) is 0 Å². The first-order chi connectivity index (χ1) is 19.5. The number of carboxylic acid groups (broad SMARTS) is 1. The molecule has 0 unspecified atom stereocenters. The predicted molar refractivity (Wildman–Crippen MR) is 147 cm³/mol. The number of nitrogens with zero attached hydrogens (tertiary/aromatic N) is 4. The first-order valence-electron chi connectivity index (χ1n) is 13.2. The molecule has 2 aromatic heterocycles. The molecule has 0 aromatic carbocycles. The van der Waals surface area contributed by atoms with E-state index in [2.05, 4.69) is 15.3 Å². The van der Waals surface area contributed by atoms with Crippen molar-refractivity contribution in [3.63, 3.8) is 0 Å². The number of hydrogen-bond donors (Lipinski definition) is 3. The molecule has 15 heteroatoms. The summed E-state index contributed by atoms with van der Waals surface area (Å²) in [4.78, 5) is 32.6. The number of pyridine rings is 2. The Bertz CT molecular complexity index is 1100. The minimum Gasteiger partial charge on any atom is -0.475 e. The number of aliphatic carboxylic acids is 1. The molecule has 1 amide bonds. The lowest BCUT2D eigenvalue weighted by Gasteiger charge is -2.36. The molecule has 2 aliphatic heterocycles. The predicted octanol–water partition coefficient (Wildman–Crippen LogP) is 4.11. The molecule has 4 N–H and O–H groups in total. The van der Waals surface area contributed by atoms with Gasteiger partial charge in [0.1, 0.15) is 17.9 Å². The number of aromatic nitrogens is 2. The van der Waals surface area contributed by atoms with Gasteiger partial charge in [0.25, 0.3) is 0 Å². The Labute approximate surface area is 241 Å².